The predicted molar refractivity (Wildman–Crippen MR) is 119 cm³/mol. The maximum atomic E-state index is 2.74. The van der Waals surface area contributed by atoms with Gasteiger partial charge in [-0.3, -0.25) is 0 Å². The van der Waals surface area contributed by atoms with Crippen LogP contribution < -0.4 is 0 Å². The molecule has 1 aromatic rings. The molecule has 0 N–H and O–H groups in total. The molecule has 4 rings (SSSR count). The van der Waals surface area contributed by atoms with Crippen molar-refractivity contribution in [1.82, 2.24) is 4.90 Å². The quantitative estimate of drug-likeness (QED) is 0.534. The van der Waals surface area contributed by atoms with E-state index in [0.717, 1.165) is 17.8 Å². The summed E-state index contributed by atoms with van der Waals surface area (Å²) >= 11 is 0. The molecular formula is C25H40ClN. The Morgan fingerprint density at radius 3 is 1.85 bits per heavy atom. The minimum Gasteiger partial charge on any atom is -0.303 e. The first-order valence-electron chi connectivity index (χ1n) is 11.1. The highest BCUT2D eigenvalue weighted by Crippen LogP contribution is 2.53. The highest BCUT2D eigenvalue weighted by molar-refractivity contribution is 5.85. The molecule has 2 heteroatoms. The molecule has 0 unspecified atom stereocenters. The van der Waals surface area contributed by atoms with E-state index in [2.05, 4.69) is 56.9 Å². The number of likely N-dealkylation sites (tertiary alicyclic amines) is 1. The molecule has 3 fully saturated rings. The molecule has 0 atom stereocenters. The van der Waals surface area contributed by atoms with E-state index in [9.17, 15) is 0 Å². The first-order valence-corrected chi connectivity index (χ1v) is 11.1. The van der Waals surface area contributed by atoms with Crippen LogP contribution in [-0.4, -0.2) is 24.5 Å². The van der Waals surface area contributed by atoms with Gasteiger partial charge in [-0.2, -0.15) is 0 Å². The molecule has 2 saturated carbocycles. The molecule has 0 aromatic heterocycles. The SMILES string of the molecule is CC1(C)CC(c2ccccc2C2CCN(CC3CC3)CC2)CC(C)(C)C1.Cl. The maximum absolute atomic E-state index is 2.74. The summed E-state index contributed by atoms with van der Waals surface area (Å²) in [6.45, 7) is 14.0. The lowest BCUT2D eigenvalue weighted by molar-refractivity contribution is 0.0962. The van der Waals surface area contributed by atoms with Gasteiger partial charge in [-0.25, -0.2) is 0 Å². The number of nitrogens with zero attached hydrogens (tertiary/aromatic N) is 1. The van der Waals surface area contributed by atoms with Gasteiger partial charge in [-0.1, -0.05) is 52.0 Å². The van der Waals surface area contributed by atoms with E-state index in [1.807, 2.05) is 0 Å². The van der Waals surface area contributed by atoms with Crippen LogP contribution >= 0.6 is 12.4 Å². The molecule has 1 aliphatic heterocycles. The van der Waals surface area contributed by atoms with Crippen LogP contribution in [0.15, 0.2) is 24.3 Å². The lowest BCUT2D eigenvalue weighted by atomic mass is 9.59. The van der Waals surface area contributed by atoms with Crippen LogP contribution in [0.1, 0.15) is 95.6 Å². The van der Waals surface area contributed by atoms with Gasteiger partial charge in [-0.05, 0) is 97.7 Å². The fraction of sp³-hybridized carbons (Fsp3) is 0.760. The van der Waals surface area contributed by atoms with Crippen LogP contribution in [0.25, 0.3) is 0 Å². The van der Waals surface area contributed by atoms with E-state index >= 15 is 0 Å². The Hall–Kier alpha value is -0.530. The van der Waals surface area contributed by atoms with E-state index in [1.54, 1.807) is 11.1 Å². The van der Waals surface area contributed by atoms with Gasteiger partial charge in [0.2, 0.25) is 0 Å². The summed E-state index contributed by atoms with van der Waals surface area (Å²) in [5.74, 6) is 2.56. The van der Waals surface area contributed by atoms with Crippen molar-refractivity contribution >= 4 is 12.4 Å². The van der Waals surface area contributed by atoms with Crippen molar-refractivity contribution in [3.8, 4) is 0 Å². The summed E-state index contributed by atoms with van der Waals surface area (Å²) in [5.41, 5.74) is 4.31. The Kier molecular flexibility index (Phi) is 6.33. The van der Waals surface area contributed by atoms with Crippen LogP contribution in [0, 0.1) is 16.7 Å². The Balaban J connectivity index is 0.00000210. The molecule has 1 saturated heterocycles. The predicted octanol–water partition coefficient (Wildman–Crippen LogP) is 7.02. The number of rotatable bonds is 4. The molecule has 3 aliphatic rings. The van der Waals surface area contributed by atoms with E-state index in [1.165, 1.54) is 64.6 Å². The number of halogens is 1. The first kappa shape index (κ1) is 21.2. The van der Waals surface area contributed by atoms with Crippen LogP contribution in [0.3, 0.4) is 0 Å². The van der Waals surface area contributed by atoms with Crippen molar-refractivity contribution in [2.24, 2.45) is 16.7 Å². The second-order valence-corrected chi connectivity index (χ2v) is 11.3. The lowest BCUT2D eigenvalue weighted by Crippen LogP contribution is -2.35. The smallest absolute Gasteiger partial charge is 0.000967 e. The molecule has 1 aromatic carbocycles. The van der Waals surface area contributed by atoms with Crippen molar-refractivity contribution in [2.75, 3.05) is 19.6 Å². The normalized spacial score (nSPS) is 26.5. The molecule has 1 heterocycles. The minimum atomic E-state index is 0. The van der Waals surface area contributed by atoms with Gasteiger partial charge in [0.05, 0.1) is 0 Å². The third-order valence-electron chi connectivity index (χ3n) is 7.23. The first-order chi connectivity index (χ1) is 12.3. The largest absolute Gasteiger partial charge is 0.303 e. The van der Waals surface area contributed by atoms with E-state index in [4.69, 9.17) is 0 Å². The second kappa shape index (κ2) is 8.07. The van der Waals surface area contributed by atoms with Gasteiger partial charge in [0.1, 0.15) is 0 Å². The Morgan fingerprint density at radius 2 is 1.33 bits per heavy atom. The molecular weight excluding hydrogens is 350 g/mol. The molecule has 0 bridgehead atoms. The summed E-state index contributed by atoms with van der Waals surface area (Å²) in [5, 5.41) is 0. The van der Waals surface area contributed by atoms with Crippen molar-refractivity contribution in [3.63, 3.8) is 0 Å². The van der Waals surface area contributed by atoms with Gasteiger partial charge in [0.25, 0.3) is 0 Å². The van der Waals surface area contributed by atoms with Gasteiger partial charge < -0.3 is 4.90 Å². The number of benzene rings is 1. The van der Waals surface area contributed by atoms with Crippen LogP contribution in [0.5, 0.6) is 0 Å². The molecule has 152 valence electrons. The summed E-state index contributed by atoms with van der Waals surface area (Å²) in [4.78, 5) is 2.74. The minimum absolute atomic E-state index is 0. The van der Waals surface area contributed by atoms with Crippen LogP contribution in [0.2, 0.25) is 0 Å². The summed E-state index contributed by atoms with van der Waals surface area (Å²) in [7, 11) is 0. The Morgan fingerprint density at radius 1 is 0.815 bits per heavy atom. The standard InChI is InChI=1S/C25H39N.ClH/c1-24(2)15-21(16-25(3,4)18-24)23-8-6-5-7-22(23)20-11-13-26(14-12-20)17-19-9-10-19;/h5-8,19-21H,9-18H2,1-4H3;1H. The zero-order valence-corrected chi connectivity index (χ0v) is 18.8. The Bertz CT molecular complexity index is 607. The van der Waals surface area contributed by atoms with E-state index < -0.39 is 0 Å². The zero-order valence-electron chi connectivity index (χ0n) is 18.0. The Labute approximate surface area is 173 Å². The van der Waals surface area contributed by atoms with Crippen LogP contribution in [-0.2, 0) is 0 Å². The molecule has 0 radical (unpaired) electrons. The van der Waals surface area contributed by atoms with Crippen molar-refractivity contribution in [3.05, 3.63) is 35.4 Å². The van der Waals surface area contributed by atoms with Gasteiger partial charge in [-0.15, -0.1) is 12.4 Å². The number of piperidine rings is 1. The van der Waals surface area contributed by atoms with Crippen molar-refractivity contribution in [1.29, 1.82) is 0 Å². The highest BCUT2D eigenvalue weighted by atomic mass is 35.5. The molecule has 0 amide bonds. The monoisotopic (exact) mass is 389 g/mol. The third-order valence-corrected chi connectivity index (χ3v) is 7.23. The molecule has 27 heavy (non-hydrogen) atoms. The van der Waals surface area contributed by atoms with Crippen molar-refractivity contribution in [2.45, 2.75) is 84.5 Å². The van der Waals surface area contributed by atoms with Gasteiger partial charge >= 0.3 is 0 Å². The molecule has 1 nitrogen and oxygen atoms in total. The summed E-state index contributed by atoms with van der Waals surface area (Å²) in [6.07, 6.45) is 9.76. The van der Waals surface area contributed by atoms with Gasteiger partial charge in [0, 0.05) is 6.54 Å². The average Bonchev–Trinajstić information content (AvgIpc) is 3.37. The molecule has 0 spiro atoms. The second-order valence-electron chi connectivity index (χ2n) is 11.3. The number of hydrogen-bond donors (Lipinski definition) is 0. The molecule has 2 aliphatic carbocycles. The van der Waals surface area contributed by atoms with E-state index in [0.29, 0.717) is 10.8 Å². The zero-order chi connectivity index (χ0) is 18.4. The average molecular weight is 390 g/mol. The summed E-state index contributed by atoms with van der Waals surface area (Å²) < 4.78 is 0. The third kappa shape index (κ3) is 5.30. The van der Waals surface area contributed by atoms with Crippen LogP contribution in [0.4, 0.5) is 0 Å². The van der Waals surface area contributed by atoms with E-state index in [-0.39, 0.29) is 12.4 Å². The summed E-state index contributed by atoms with van der Waals surface area (Å²) in [6, 6.07) is 9.50. The maximum Gasteiger partial charge on any atom is 0.000967 e. The number of hydrogen-bond acceptors (Lipinski definition) is 1. The lowest BCUT2D eigenvalue weighted by Gasteiger charge is -2.46. The highest BCUT2D eigenvalue weighted by Gasteiger charge is 2.40. The van der Waals surface area contributed by atoms with Crippen molar-refractivity contribution < 1.29 is 0 Å². The van der Waals surface area contributed by atoms with Gasteiger partial charge in [0.15, 0.2) is 0 Å². The topological polar surface area (TPSA) is 3.24 Å². The fourth-order valence-corrected chi connectivity index (χ4v) is 6.41. The fourth-order valence-electron chi connectivity index (χ4n) is 6.41.